The molecule has 0 aromatic heterocycles. The van der Waals surface area contributed by atoms with Crippen molar-refractivity contribution in [1.29, 1.82) is 0 Å². The highest BCUT2D eigenvalue weighted by Crippen LogP contribution is 2.31. The first-order valence-corrected chi connectivity index (χ1v) is 15.9. The quantitative estimate of drug-likeness (QED) is 0.170. The zero-order valence-corrected chi connectivity index (χ0v) is 26.3. The molecule has 4 aromatic carbocycles. The number of Topliss-reactive ketones (excluding diaryl/α,β-unsaturated/α-hetero) is 1. The molecule has 2 nitrogen and oxygen atoms in total. The molecule has 1 saturated heterocycles. The van der Waals surface area contributed by atoms with Crippen molar-refractivity contribution < 1.29 is 4.79 Å². The van der Waals surface area contributed by atoms with E-state index < -0.39 is 0 Å². The molecule has 208 valence electrons. The molecule has 2 atom stereocenters. The van der Waals surface area contributed by atoms with Gasteiger partial charge in [0.25, 0.3) is 0 Å². The van der Waals surface area contributed by atoms with E-state index in [2.05, 4.69) is 134 Å². The van der Waals surface area contributed by atoms with Crippen LogP contribution in [-0.2, 0) is 4.79 Å². The summed E-state index contributed by atoms with van der Waals surface area (Å²) in [5.74, 6) is 0.462. The van der Waals surface area contributed by atoms with Crippen LogP contribution in [0.15, 0.2) is 118 Å². The molecule has 4 heteroatoms. The minimum atomic E-state index is 0.0256. The monoisotopic (exact) mass is 667 g/mol. The van der Waals surface area contributed by atoms with Gasteiger partial charge in [-0.15, -0.1) is 0 Å². The van der Waals surface area contributed by atoms with Crippen molar-refractivity contribution in [3.8, 4) is 0 Å². The first-order chi connectivity index (χ1) is 20.0. The van der Waals surface area contributed by atoms with Crippen LogP contribution in [0.1, 0.15) is 47.9 Å². The topological polar surface area (TPSA) is 29.1 Å². The van der Waals surface area contributed by atoms with Gasteiger partial charge in [0, 0.05) is 33.9 Å². The zero-order chi connectivity index (χ0) is 28.4. The summed E-state index contributed by atoms with van der Waals surface area (Å²) in [4.78, 5) is 13.7. The number of piperidine rings is 1. The van der Waals surface area contributed by atoms with Crippen molar-refractivity contribution >= 4 is 60.9 Å². The molecule has 0 bridgehead atoms. The first kappa shape index (κ1) is 29.4. The third-order valence-electron chi connectivity index (χ3n) is 7.78. The summed E-state index contributed by atoms with van der Waals surface area (Å²) in [5.41, 5.74) is 7.28. The Balaban J connectivity index is 1.28. The summed E-state index contributed by atoms with van der Waals surface area (Å²) in [6.45, 7) is 1.52. The molecule has 0 amide bonds. The van der Waals surface area contributed by atoms with Gasteiger partial charge in [0.15, 0.2) is 0 Å². The van der Waals surface area contributed by atoms with Crippen LogP contribution in [0, 0.1) is 11.8 Å². The minimum absolute atomic E-state index is 0.0256. The number of hydrogen-bond acceptors (Lipinski definition) is 2. The molecule has 1 N–H and O–H groups in total. The Morgan fingerprint density at radius 3 is 1.49 bits per heavy atom. The lowest BCUT2D eigenvalue weighted by atomic mass is 9.81. The Morgan fingerprint density at radius 2 is 1.07 bits per heavy atom. The third kappa shape index (κ3) is 8.48. The fourth-order valence-corrected chi connectivity index (χ4v) is 6.45. The molecule has 1 aliphatic rings. The first-order valence-electron chi connectivity index (χ1n) is 14.3. The Morgan fingerprint density at radius 1 is 0.634 bits per heavy atom. The Labute approximate surface area is 260 Å². The van der Waals surface area contributed by atoms with Gasteiger partial charge in [-0.1, -0.05) is 129 Å². The highest BCUT2D eigenvalue weighted by atomic mass is 79.9. The standard InChI is InChI=1S/C37H35Br2NO/c38-35-15-7-9-27(23-35)21-31(29-11-3-1-4-12-29)17-19-33-25-40-26-34(37(33)41)20-18-32(30-13-5-2-6-14-30)22-28-10-8-16-36(39)24-28/h1-16,21-24,33-34,40H,17-20,25-26H2. The average Bonchev–Trinajstić information content (AvgIpc) is 2.99. The van der Waals surface area contributed by atoms with Crippen LogP contribution in [0.25, 0.3) is 23.3 Å². The van der Waals surface area contributed by atoms with Crippen molar-refractivity contribution in [2.24, 2.45) is 11.8 Å². The average molecular weight is 670 g/mol. The second-order valence-corrected chi connectivity index (χ2v) is 12.5. The summed E-state index contributed by atoms with van der Waals surface area (Å²) in [6, 6.07) is 37.8. The van der Waals surface area contributed by atoms with Crippen LogP contribution in [-0.4, -0.2) is 18.9 Å². The van der Waals surface area contributed by atoms with E-state index in [1.807, 2.05) is 24.3 Å². The van der Waals surface area contributed by atoms with Crippen LogP contribution in [0.5, 0.6) is 0 Å². The van der Waals surface area contributed by atoms with Gasteiger partial charge < -0.3 is 5.32 Å². The summed E-state index contributed by atoms with van der Waals surface area (Å²) in [6.07, 6.45) is 7.93. The van der Waals surface area contributed by atoms with Crippen LogP contribution in [0.3, 0.4) is 0 Å². The molecule has 0 radical (unpaired) electrons. The number of carbonyl (C=O) groups excluding carboxylic acids is 1. The molecule has 5 rings (SSSR count). The molecular weight excluding hydrogens is 634 g/mol. The number of benzene rings is 4. The second kappa shape index (κ2) is 14.7. The number of carbonyl (C=O) groups is 1. The lowest BCUT2D eigenvalue weighted by molar-refractivity contribution is -0.128. The van der Waals surface area contributed by atoms with Gasteiger partial charge in [-0.25, -0.2) is 0 Å². The lowest BCUT2D eigenvalue weighted by Gasteiger charge is -2.29. The Kier molecular flexibility index (Phi) is 10.6. The maximum atomic E-state index is 13.7. The molecule has 0 saturated carbocycles. The fraction of sp³-hybridized carbons (Fsp3) is 0.216. The molecule has 2 unspecified atom stereocenters. The van der Waals surface area contributed by atoms with Gasteiger partial charge in [-0.2, -0.15) is 0 Å². The summed E-state index contributed by atoms with van der Waals surface area (Å²) in [7, 11) is 0. The van der Waals surface area contributed by atoms with E-state index in [1.54, 1.807) is 0 Å². The maximum Gasteiger partial charge on any atom is 0.141 e. The van der Waals surface area contributed by atoms with E-state index >= 15 is 0 Å². The van der Waals surface area contributed by atoms with Crippen LogP contribution in [0.2, 0.25) is 0 Å². The third-order valence-corrected chi connectivity index (χ3v) is 8.77. The lowest BCUT2D eigenvalue weighted by Crippen LogP contribution is -2.44. The Bertz CT molecular complexity index is 1400. The number of rotatable bonds is 10. The van der Waals surface area contributed by atoms with Gasteiger partial charge in [-0.3, -0.25) is 4.79 Å². The predicted molar refractivity (Wildman–Crippen MR) is 180 cm³/mol. The largest absolute Gasteiger partial charge is 0.315 e. The molecular formula is C37H35Br2NO. The minimum Gasteiger partial charge on any atom is -0.315 e. The molecule has 0 spiro atoms. The molecule has 1 fully saturated rings. The number of hydrogen-bond donors (Lipinski definition) is 1. The normalized spacial score (nSPS) is 18.0. The van der Waals surface area contributed by atoms with Crippen molar-refractivity contribution in [1.82, 2.24) is 5.32 Å². The smallest absolute Gasteiger partial charge is 0.141 e. The number of halogens is 2. The van der Waals surface area contributed by atoms with Crippen molar-refractivity contribution in [3.63, 3.8) is 0 Å². The second-order valence-electron chi connectivity index (χ2n) is 10.7. The van der Waals surface area contributed by atoms with E-state index in [0.29, 0.717) is 5.78 Å². The summed E-state index contributed by atoms with van der Waals surface area (Å²) >= 11 is 7.19. The zero-order valence-electron chi connectivity index (χ0n) is 23.1. The van der Waals surface area contributed by atoms with E-state index in [0.717, 1.165) is 58.8 Å². The van der Waals surface area contributed by atoms with Crippen LogP contribution >= 0.6 is 31.9 Å². The molecule has 1 heterocycles. The summed E-state index contributed by atoms with van der Waals surface area (Å²) < 4.78 is 2.13. The highest BCUT2D eigenvalue weighted by Gasteiger charge is 2.30. The van der Waals surface area contributed by atoms with Crippen LogP contribution < -0.4 is 5.32 Å². The predicted octanol–water partition coefficient (Wildman–Crippen LogP) is 9.96. The van der Waals surface area contributed by atoms with Crippen molar-refractivity contribution in [3.05, 3.63) is 140 Å². The van der Waals surface area contributed by atoms with Gasteiger partial charge in [0.1, 0.15) is 5.78 Å². The van der Waals surface area contributed by atoms with E-state index in [1.165, 1.54) is 22.3 Å². The van der Waals surface area contributed by atoms with E-state index in [9.17, 15) is 4.79 Å². The number of nitrogens with one attached hydrogen (secondary N) is 1. The molecule has 4 aromatic rings. The highest BCUT2D eigenvalue weighted by molar-refractivity contribution is 9.10. The summed E-state index contributed by atoms with van der Waals surface area (Å²) in [5, 5.41) is 3.58. The van der Waals surface area contributed by atoms with Gasteiger partial charge in [0.05, 0.1) is 0 Å². The number of ketones is 1. The van der Waals surface area contributed by atoms with E-state index in [-0.39, 0.29) is 11.8 Å². The van der Waals surface area contributed by atoms with Gasteiger partial charge >= 0.3 is 0 Å². The van der Waals surface area contributed by atoms with E-state index in [4.69, 9.17) is 0 Å². The fourth-order valence-electron chi connectivity index (χ4n) is 5.61. The molecule has 1 aliphatic heterocycles. The van der Waals surface area contributed by atoms with Gasteiger partial charge in [-0.05, 0) is 83.3 Å². The molecule has 41 heavy (non-hydrogen) atoms. The van der Waals surface area contributed by atoms with Gasteiger partial charge in [0.2, 0.25) is 0 Å². The Hall–Kier alpha value is -3.05. The SMILES string of the molecule is O=C1C(CCC(=Cc2cccc(Br)c2)c2ccccc2)CNCC1CCC(=Cc1cccc(Br)c1)c1ccccc1. The maximum absolute atomic E-state index is 13.7. The van der Waals surface area contributed by atoms with Crippen molar-refractivity contribution in [2.75, 3.05) is 13.1 Å². The molecule has 0 aliphatic carbocycles. The number of allylic oxidation sites excluding steroid dienone is 2. The van der Waals surface area contributed by atoms with Crippen LogP contribution in [0.4, 0.5) is 0 Å². The van der Waals surface area contributed by atoms with Crippen molar-refractivity contribution in [2.45, 2.75) is 25.7 Å².